The highest BCUT2D eigenvalue weighted by Crippen LogP contribution is 2.16. The molecule has 7 heteroatoms. The van der Waals surface area contributed by atoms with Crippen molar-refractivity contribution in [3.05, 3.63) is 64.1 Å². The first-order valence-corrected chi connectivity index (χ1v) is 9.23. The van der Waals surface area contributed by atoms with Crippen LogP contribution in [-0.2, 0) is 11.2 Å². The number of nitrogens with one attached hydrogen (secondary N) is 2. The fraction of sp³-hybridized carbons (Fsp3) is 0.211. The molecule has 0 saturated carbocycles. The molecule has 5 nitrogen and oxygen atoms in total. The normalized spacial score (nSPS) is 10.1. The summed E-state index contributed by atoms with van der Waals surface area (Å²) < 4.78 is 0.702. The maximum atomic E-state index is 12.3. The molecule has 0 heterocycles. The predicted molar refractivity (Wildman–Crippen MR) is 111 cm³/mol. The summed E-state index contributed by atoms with van der Waals surface area (Å²) >= 11 is 8.57. The maximum absolute atomic E-state index is 12.3. The molecule has 0 bridgehead atoms. The summed E-state index contributed by atoms with van der Waals surface area (Å²) in [6, 6.07) is 14.7. The van der Waals surface area contributed by atoms with Gasteiger partial charge in [-0.2, -0.15) is 0 Å². The van der Waals surface area contributed by atoms with Gasteiger partial charge in [0.15, 0.2) is 5.11 Å². The Morgan fingerprint density at radius 1 is 1.12 bits per heavy atom. The second kappa shape index (κ2) is 9.45. The molecule has 0 spiro atoms. The Hall–Kier alpha value is -2.25. The van der Waals surface area contributed by atoms with Crippen LogP contribution in [0.2, 0.25) is 0 Å². The predicted octanol–water partition coefficient (Wildman–Crippen LogP) is 3.60. The summed E-state index contributed by atoms with van der Waals surface area (Å²) in [6.07, 6.45) is 1.09. The van der Waals surface area contributed by atoms with E-state index in [1.807, 2.05) is 30.3 Å². The van der Waals surface area contributed by atoms with E-state index in [1.54, 1.807) is 37.2 Å². The largest absolute Gasteiger partial charge is 0.349 e. The molecule has 2 rings (SSSR count). The first-order chi connectivity index (χ1) is 12.4. The van der Waals surface area contributed by atoms with Crippen molar-refractivity contribution in [3.63, 3.8) is 0 Å². The molecule has 2 N–H and O–H groups in total. The summed E-state index contributed by atoms with van der Waals surface area (Å²) in [7, 11) is 3.49. The molecule has 0 radical (unpaired) electrons. The number of carbonyl (C=O) groups is 2. The van der Waals surface area contributed by atoms with E-state index in [-0.39, 0.29) is 16.9 Å². The van der Waals surface area contributed by atoms with Crippen molar-refractivity contribution in [1.29, 1.82) is 0 Å². The Morgan fingerprint density at radius 3 is 2.54 bits per heavy atom. The van der Waals surface area contributed by atoms with Crippen molar-refractivity contribution in [2.24, 2.45) is 0 Å². The average Bonchev–Trinajstić information content (AvgIpc) is 2.60. The molecule has 26 heavy (non-hydrogen) atoms. The molecule has 136 valence electrons. The number of halogens is 1. The molecule has 0 aliphatic carbocycles. The minimum atomic E-state index is -0.289. The number of thiocarbonyl (C=S) groups is 1. The third-order valence-corrected chi connectivity index (χ3v) is 4.55. The lowest BCUT2D eigenvalue weighted by atomic mass is 10.1. The zero-order valence-electron chi connectivity index (χ0n) is 14.6. The molecule has 2 aromatic carbocycles. The highest BCUT2D eigenvalue weighted by atomic mass is 79.9. The monoisotopic (exact) mass is 433 g/mol. The van der Waals surface area contributed by atoms with Crippen LogP contribution in [0.15, 0.2) is 53.0 Å². The Kier molecular flexibility index (Phi) is 7.29. The topological polar surface area (TPSA) is 61.4 Å². The number of hydrogen-bond acceptors (Lipinski definition) is 3. The van der Waals surface area contributed by atoms with Gasteiger partial charge in [0.05, 0.1) is 5.56 Å². The minimum Gasteiger partial charge on any atom is -0.349 e. The molecule has 2 amide bonds. The Morgan fingerprint density at radius 2 is 1.85 bits per heavy atom. The summed E-state index contributed by atoms with van der Waals surface area (Å²) in [4.78, 5) is 25.5. The van der Waals surface area contributed by atoms with E-state index in [2.05, 4.69) is 26.6 Å². The number of hydrogen-bond donors (Lipinski definition) is 2. The van der Waals surface area contributed by atoms with E-state index in [9.17, 15) is 9.59 Å². The molecular formula is C19H20BrN3O2S. The number of aryl methyl sites for hydroxylation is 1. The van der Waals surface area contributed by atoms with E-state index in [1.165, 1.54) is 0 Å². The van der Waals surface area contributed by atoms with E-state index < -0.39 is 0 Å². The van der Waals surface area contributed by atoms with Crippen LogP contribution in [0.25, 0.3) is 0 Å². The lowest BCUT2D eigenvalue weighted by molar-refractivity contribution is -0.128. The molecule has 0 atom stereocenters. The molecule has 2 aromatic rings. The van der Waals surface area contributed by atoms with Crippen LogP contribution in [0.3, 0.4) is 0 Å². The third-order valence-electron chi connectivity index (χ3n) is 3.66. The van der Waals surface area contributed by atoms with Crippen LogP contribution in [-0.4, -0.2) is 35.9 Å². The number of nitrogens with zero attached hydrogens (tertiary/aromatic N) is 1. The smallest absolute Gasteiger partial charge is 0.258 e. The third kappa shape index (κ3) is 5.93. The molecule has 0 saturated heterocycles. The standard InChI is InChI=1S/C19H20BrN3O2S/c1-23(2)17(24)11-10-13-6-5-7-14(12-13)21-19(26)22-18(25)15-8-3-4-9-16(15)20/h3-9,12H,10-11H2,1-2H3,(H2,21,22,25,26). The quantitative estimate of drug-likeness (QED) is 0.707. The lowest BCUT2D eigenvalue weighted by Crippen LogP contribution is -2.34. The minimum absolute atomic E-state index is 0.0829. The number of anilines is 1. The molecule has 0 fully saturated rings. The van der Waals surface area contributed by atoms with Gasteiger partial charge in [0.25, 0.3) is 5.91 Å². The second-order valence-corrected chi connectivity index (χ2v) is 7.14. The van der Waals surface area contributed by atoms with Crippen molar-refractivity contribution in [2.45, 2.75) is 12.8 Å². The van der Waals surface area contributed by atoms with Gasteiger partial charge in [-0.25, -0.2) is 0 Å². The van der Waals surface area contributed by atoms with Crippen LogP contribution < -0.4 is 10.6 Å². The molecular weight excluding hydrogens is 414 g/mol. The SMILES string of the molecule is CN(C)C(=O)CCc1cccc(NC(=S)NC(=O)c2ccccc2Br)c1. The zero-order chi connectivity index (χ0) is 19.1. The van der Waals surface area contributed by atoms with Gasteiger partial charge in [-0.05, 0) is 64.4 Å². The maximum Gasteiger partial charge on any atom is 0.258 e. The van der Waals surface area contributed by atoms with Gasteiger partial charge in [0, 0.05) is 30.7 Å². The molecule has 0 aliphatic heterocycles. The fourth-order valence-corrected chi connectivity index (χ4v) is 2.93. The number of rotatable bonds is 5. The summed E-state index contributed by atoms with van der Waals surface area (Å²) in [6.45, 7) is 0. The summed E-state index contributed by atoms with van der Waals surface area (Å²) in [5.74, 6) is -0.206. The van der Waals surface area contributed by atoms with Gasteiger partial charge in [0.2, 0.25) is 5.91 Å². The summed E-state index contributed by atoms with van der Waals surface area (Å²) in [5.41, 5.74) is 2.29. The van der Waals surface area contributed by atoms with Crippen molar-refractivity contribution >= 4 is 50.8 Å². The first-order valence-electron chi connectivity index (χ1n) is 8.03. The highest BCUT2D eigenvalue weighted by Gasteiger charge is 2.11. The van der Waals surface area contributed by atoms with Crippen LogP contribution >= 0.6 is 28.1 Å². The van der Waals surface area contributed by atoms with Crippen molar-refractivity contribution in [3.8, 4) is 0 Å². The second-order valence-electron chi connectivity index (χ2n) is 5.88. The van der Waals surface area contributed by atoms with Gasteiger partial charge in [-0.1, -0.05) is 24.3 Å². The van der Waals surface area contributed by atoms with E-state index >= 15 is 0 Å². The fourth-order valence-electron chi connectivity index (χ4n) is 2.26. The zero-order valence-corrected chi connectivity index (χ0v) is 17.0. The van der Waals surface area contributed by atoms with Gasteiger partial charge in [-0.15, -0.1) is 0 Å². The van der Waals surface area contributed by atoms with Gasteiger partial charge >= 0.3 is 0 Å². The lowest BCUT2D eigenvalue weighted by Gasteiger charge is -2.12. The Labute approximate surface area is 166 Å². The number of carbonyl (C=O) groups excluding carboxylic acids is 2. The van der Waals surface area contributed by atoms with Crippen LogP contribution in [0.5, 0.6) is 0 Å². The van der Waals surface area contributed by atoms with Gasteiger partial charge in [-0.3, -0.25) is 14.9 Å². The van der Waals surface area contributed by atoms with Gasteiger partial charge in [0.1, 0.15) is 0 Å². The van der Waals surface area contributed by atoms with Crippen molar-refractivity contribution < 1.29 is 9.59 Å². The van der Waals surface area contributed by atoms with E-state index in [0.717, 1.165) is 11.3 Å². The van der Waals surface area contributed by atoms with Crippen LogP contribution in [0.1, 0.15) is 22.3 Å². The highest BCUT2D eigenvalue weighted by molar-refractivity contribution is 9.10. The number of benzene rings is 2. The van der Waals surface area contributed by atoms with Crippen LogP contribution in [0.4, 0.5) is 5.69 Å². The van der Waals surface area contributed by atoms with Crippen molar-refractivity contribution in [1.82, 2.24) is 10.2 Å². The molecule has 0 aliphatic rings. The van der Waals surface area contributed by atoms with E-state index in [4.69, 9.17) is 12.2 Å². The summed E-state index contributed by atoms with van der Waals surface area (Å²) in [5, 5.41) is 5.88. The van der Waals surface area contributed by atoms with E-state index in [0.29, 0.717) is 22.9 Å². The number of amides is 2. The van der Waals surface area contributed by atoms with Crippen molar-refractivity contribution in [2.75, 3.05) is 19.4 Å². The average molecular weight is 434 g/mol. The Balaban J connectivity index is 1.94. The Bertz CT molecular complexity index is 824. The van der Waals surface area contributed by atoms with Gasteiger partial charge < -0.3 is 10.2 Å². The first kappa shape index (κ1) is 20.1. The molecule has 0 unspecified atom stereocenters. The molecule has 0 aromatic heterocycles. The van der Waals surface area contributed by atoms with Crippen LogP contribution in [0, 0.1) is 0 Å².